The number of methoxy groups -OCH3 is 2. The molecule has 0 radical (unpaired) electrons. The number of amides is 1. The zero-order valence-electron chi connectivity index (χ0n) is 15.8. The Labute approximate surface area is 155 Å². The van der Waals surface area contributed by atoms with Crippen molar-refractivity contribution in [3.05, 3.63) is 29.8 Å². The highest BCUT2D eigenvalue weighted by molar-refractivity contribution is 5.77. The van der Waals surface area contributed by atoms with Gasteiger partial charge in [0.05, 0.1) is 18.8 Å². The standard InChI is InChI=1S/C20H30N2O4/c1-24-15-19(23)21-13-17-7-8-20(26-17)9-11-22(12-10-20)14-16-5-3-4-6-18(16)25-2/h3-6,17H,7-15H2,1-2H3,(H,21,23). The zero-order chi connectivity index (χ0) is 18.4. The van der Waals surface area contributed by atoms with E-state index in [0.29, 0.717) is 6.54 Å². The molecule has 144 valence electrons. The molecule has 2 heterocycles. The number of carbonyl (C=O) groups excluding carboxylic acids is 1. The van der Waals surface area contributed by atoms with Crippen LogP contribution in [-0.2, 0) is 20.8 Å². The Morgan fingerprint density at radius 3 is 2.77 bits per heavy atom. The van der Waals surface area contributed by atoms with Crippen molar-refractivity contribution >= 4 is 5.91 Å². The van der Waals surface area contributed by atoms with Gasteiger partial charge in [-0.3, -0.25) is 9.69 Å². The van der Waals surface area contributed by atoms with Gasteiger partial charge in [0.25, 0.3) is 0 Å². The highest BCUT2D eigenvalue weighted by atomic mass is 16.5. The molecule has 0 bridgehead atoms. The van der Waals surface area contributed by atoms with Crippen LogP contribution in [0, 0.1) is 0 Å². The summed E-state index contributed by atoms with van der Waals surface area (Å²) < 4.78 is 16.7. The molecule has 2 aliphatic heterocycles. The smallest absolute Gasteiger partial charge is 0.246 e. The first-order valence-electron chi connectivity index (χ1n) is 9.42. The Morgan fingerprint density at radius 1 is 1.27 bits per heavy atom. The van der Waals surface area contributed by atoms with Crippen LogP contribution in [0.3, 0.4) is 0 Å². The van der Waals surface area contributed by atoms with E-state index in [1.165, 1.54) is 12.7 Å². The van der Waals surface area contributed by atoms with Crippen molar-refractivity contribution in [2.45, 2.75) is 43.9 Å². The van der Waals surface area contributed by atoms with Crippen LogP contribution in [0.4, 0.5) is 0 Å². The second-order valence-corrected chi connectivity index (χ2v) is 7.29. The Hall–Kier alpha value is -1.63. The molecule has 0 saturated carbocycles. The monoisotopic (exact) mass is 362 g/mol. The lowest BCUT2D eigenvalue weighted by Crippen LogP contribution is -2.45. The van der Waals surface area contributed by atoms with Crippen molar-refractivity contribution in [3.8, 4) is 5.75 Å². The molecule has 6 heteroatoms. The summed E-state index contributed by atoms with van der Waals surface area (Å²) in [4.78, 5) is 14.0. The number of hydrogen-bond acceptors (Lipinski definition) is 5. The molecule has 2 aliphatic rings. The van der Waals surface area contributed by atoms with E-state index in [1.54, 1.807) is 7.11 Å². The number of ether oxygens (including phenoxy) is 3. The number of piperidine rings is 1. The van der Waals surface area contributed by atoms with Gasteiger partial charge in [-0.25, -0.2) is 0 Å². The molecule has 3 rings (SSSR count). The Morgan fingerprint density at radius 2 is 2.04 bits per heavy atom. The van der Waals surface area contributed by atoms with Crippen molar-refractivity contribution < 1.29 is 19.0 Å². The number of nitrogens with zero attached hydrogens (tertiary/aromatic N) is 1. The average molecular weight is 362 g/mol. The van der Waals surface area contributed by atoms with Gasteiger partial charge in [-0.05, 0) is 31.7 Å². The molecule has 1 amide bonds. The number of carbonyl (C=O) groups is 1. The maximum absolute atomic E-state index is 11.5. The van der Waals surface area contributed by atoms with Crippen LogP contribution >= 0.6 is 0 Å². The molecule has 26 heavy (non-hydrogen) atoms. The highest BCUT2D eigenvalue weighted by Crippen LogP contribution is 2.39. The summed E-state index contributed by atoms with van der Waals surface area (Å²) in [6.45, 7) is 3.66. The summed E-state index contributed by atoms with van der Waals surface area (Å²) in [7, 11) is 3.25. The number of benzene rings is 1. The summed E-state index contributed by atoms with van der Waals surface area (Å²) in [5, 5.41) is 2.89. The number of para-hydroxylation sites is 1. The quantitative estimate of drug-likeness (QED) is 0.804. The molecular weight excluding hydrogens is 332 g/mol. The third-order valence-electron chi connectivity index (χ3n) is 5.49. The molecule has 0 aliphatic carbocycles. The molecule has 1 atom stereocenters. The van der Waals surface area contributed by atoms with E-state index >= 15 is 0 Å². The van der Waals surface area contributed by atoms with Gasteiger partial charge >= 0.3 is 0 Å². The lowest BCUT2D eigenvalue weighted by molar-refractivity contribution is -0.126. The predicted octanol–water partition coefficient (Wildman–Crippen LogP) is 1.97. The Bertz CT molecular complexity index is 599. The third-order valence-corrected chi connectivity index (χ3v) is 5.49. The predicted molar refractivity (Wildman–Crippen MR) is 99.2 cm³/mol. The van der Waals surface area contributed by atoms with Crippen LogP contribution in [0.15, 0.2) is 24.3 Å². The molecule has 2 fully saturated rings. The third kappa shape index (κ3) is 4.75. The largest absolute Gasteiger partial charge is 0.496 e. The molecule has 2 saturated heterocycles. The minimum Gasteiger partial charge on any atom is -0.496 e. The molecule has 0 aromatic heterocycles. The van der Waals surface area contributed by atoms with Crippen molar-refractivity contribution in [3.63, 3.8) is 0 Å². The van der Waals surface area contributed by atoms with Crippen molar-refractivity contribution in [2.24, 2.45) is 0 Å². The van der Waals surface area contributed by atoms with Crippen LogP contribution in [0.25, 0.3) is 0 Å². The molecule has 1 N–H and O–H groups in total. The lowest BCUT2D eigenvalue weighted by atomic mass is 9.88. The summed E-state index contributed by atoms with van der Waals surface area (Å²) in [5.74, 6) is 0.875. The molecule has 1 unspecified atom stereocenters. The number of rotatable bonds is 7. The van der Waals surface area contributed by atoms with Crippen LogP contribution in [0.2, 0.25) is 0 Å². The van der Waals surface area contributed by atoms with Gasteiger partial charge < -0.3 is 19.5 Å². The van der Waals surface area contributed by atoms with Gasteiger partial charge in [0.1, 0.15) is 12.4 Å². The fraction of sp³-hybridized carbons (Fsp3) is 0.650. The fourth-order valence-electron chi connectivity index (χ4n) is 4.01. The Kier molecular flexibility index (Phi) is 6.51. The lowest BCUT2D eigenvalue weighted by Gasteiger charge is -2.39. The first-order valence-corrected chi connectivity index (χ1v) is 9.42. The van der Waals surface area contributed by atoms with E-state index in [1.807, 2.05) is 12.1 Å². The fourth-order valence-corrected chi connectivity index (χ4v) is 4.01. The van der Waals surface area contributed by atoms with Gasteiger partial charge in [0.2, 0.25) is 5.91 Å². The minimum atomic E-state index is -0.0799. The van der Waals surface area contributed by atoms with E-state index < -0.39 is 0 Å². The molecule has 1 aromatic rings. The van der Waals surface area contributed by atoms with Crippen LogP contribution in [0.1, 0.15) is 31.2 Å². The van der Waals surface area contributed by atoms with E-state index in [4.69, 9.17) is 14.2 Å². The molecular formula is C20H30N2O4. The Balaban J connectivity index is 1.45. The zero-order valence-corrected chi connectivity index (χ0v) is 15.8. The van der Waals surface area contributed by atoms with E-state index in [9.17, 15) is 4.79 Å². The SMILES string of the molecule is COCC(=O)NCC1CCC2(CCN(Cc3ccccc3OC)CC2)O1. The summed E-state index contributed by atoms with van der Waals surface area (Å²) in [6, 6.07) is 8.22. The average Bonchev–Trinajstić information content (AvgIpc) is 3.06. The first-order chi connectivity index (χ1) is 12.6. The number of nitrogens with one attached hydrogen (secondary N) is 1. The second kappa shape index (κ2) is 8.84. The van der Waals surface area contributed by atoms with Gasteiger partial charge in [-0.15, -0.1) is 0 Å². The van der Waals surface area contributed by atoms with Gasteiger partial charge in [0.15, 0.2) is 0 Å². The molecule has 1 spiro atoms. The van der Waals surface area contributed by atoms with Crippen molar-refractivity contribution in [1.29, 1.82) is 0 Å². The van der Waals surface area contributed by atoms with E-state index in [2.05, 4.69) is 22.3 Å². The van der Waals surface area contributed by atoms with Crippen molar-refractivity contribution in [1.82, 2.24) is 10.2 Å². The topological polar surface area (TPSA) is 60.0 Å². The summed E-state index contributed by atoms with van der Waals surface area (Å²) in [5.41, 5.74) is 1.23. The maximum atomic E-state index is 11.5. The van der Waals surface area contributed by atoms with Gasteiger partial charge in [-0.2, -0.15) is 0 Å². The second-order valence-electron chi connectivity index (χ2n) is 7.29. The van der Waals surface area contributed by atoms with Crippen molar-refractivity contribution in [2.75, 3.05) is 40.5 Å². The van der Waals surface area contributed by atoms with Crippen LogP contribution in [-0.4, -0.2) is 63.0 Å². The van der Waals surface area contributed by atoms with Crippen LogP contribution in [0.5, 0.6) is 5.75 Å². The van der Waals surface area contributed by atoms with E-state index in [-0.39, 0.29) is 24.2 Å². The minimum absolute atomic E-state index is 0.00603. The molecule has 1 aromatic carbocycles. The van der Waals surface area contributed by atoms with E-state index in [0.717, 1.165) is 51.1 Å². The first kappa shape index (κ1) is 19.1. The highest BCUT2D eigenvalue weighted by Gasteiger charge is 2.42. The normalized spacial score (nSPS) is 22.5. The van der Waals surface area contributed by atoms with Gasteiger partial charge in [-0.1, -0.05) is 18.2 Å². The van der Waals surface area contributed by atoms with Gasteiger partial charge in [0, 0.05) is 38.9 Å². The summed E-state index contributed by atoms with van der Waals surface area (Å²) >= 11 is 0. The maximum Gasteiger partial charge on any atom is 0.246 e. The summed E-state index contributed by atoms with van der Waals surface area (Å²) in [6.07, 6.45) is 4.31. The molecule has 6 nitrogen and oxygen atoms in total. The number of hydrogen-bond donors (Lipinski definition) is 1. The van der Waals surface area contributed by atoms with Crippen LogP contribution < -0.4 is 10.1 Å². The number of likely N-dealkylation sites (tertiary alicyclic amines) is 1.